The van der Waals surface area contributed by atoms with Crippen LogP contribution in [-0.2, 0) is 20.7 Å². The van der Waals surface area contributed by atoms with Gasteiger partial charge in [0.2, 0.25) is 0 Å². The van der Waals surface area contributed by atoms with E-state index in [4.69, 9.17) is 4.74 Å². The van der Waals surface area contributed by atoms with Crippen molar-refractivity contribution in [2.45, 2.75) is 70.9 Å². The third-order valence-corrected chi connectivity index (χ3v) is 5.27. The third kappa shape index (κ3) is 3.96. The quantitative estimate of drug-likeness (QED) is 0.776. The topological polar surface area (TPSA) is 122 Å². The molecule has 9 heteroatoms. The molecule has 9 nitrogen and oxygen atoms in total. The van der Waals surface area contributed by atoms with E-state index in [9.17, 15) is 14.9 Å². The molecule has 0 spiro atoms. The Kier molecular flexibility index (Phi) is 5.58. The van der Waals surface area contributed by atoms with E-state index in [0.717, 1.165) is 25.0 Å². The number of nitrogens with zero attached hydrogens (tertiary/aromatic N) is 5. The van der Waals surface area contributed by atoms with Gasteiger partial charge in [-0.05, 0) is 33.6 Å². The fourth-order valence-corrected chi connectivity index (χ4v) is 3.61. The van der Waals surface area contributed by atoms with Gasteiger partial charge >= 0.3 is 5.97 Å². The zero-order valence-electron chi connectivity index (χ0n) is 16.4. The Morgan fingerprint density at radius 3 is 2.75 bits per heavy atom. The molecule has 2 aromatic rings. The lowest BCUT2D eigenvalue weighted by molar-refractivity contribution is -0.154. The SMILES string of the molecule is Cc1nc2ncnn2c(C)c1CC(=O)O[C@@H](C)C(=O)NC1(C#N)CCCCC1. The zero-order chi connectivity index (χ0) is 20.3. The smallest absolute Gasteiger partial charge is 0.311 e. The van der Waals surface area contributed by atoms with Crippen molar-refractivity contribution < 1.29 is 14.3 Å². The summed E-state index contributed by atoms with van der Waals surface area (Å²) in [6, 6.07) is 2.23. The van der Waals surface area contributed by atoms with Crippen LogP contribution in [0.25, 0.3) is 5.78 Å². The second-order valence-corrected chi connectivity index (χ2v) is 7.29. The van der Waals surface area contributed by atoms with Crippen molar-refractivity contribution in [1.82, 2.24) is 24.9 Å². The number of hydrogen-bond acceptors (Lipinski definition) is 7. The monoisotopic (exact) mass is 384 g/mol. The van der Waals surface area contributed by atoms with E-state index >= 15 is 0 Å². The molecule has 1 aliphatic carbocycles. The molecule has 0 saturated heterocycles. The first-order valence-electron chi connectivity index (χ1n) is 9.44. The Morgan fingerprint density at radius 2 is 2.07 bits per heavy atom. The van der Waals surface area contributed by atoms with Crippen LogP contribution in [0.4, 0.5) is 0 Å². The molecule has 0 radical (unpaired) electrons. The molecule has 1 fully saturated rings. The van der Waals surface area contributed by atoms with Gasteiger partial charge in [-0.1, -0.05) is 19.3 Å². The molecule has 148 valence electrons. The first-order valence-corrected chi connectivity index (χ1v) is 9.44. The summed E-state index contributed by atoms with van der Waals surface area (Å²) in [6.45, 7) is 5.13. The number of nitrogens with one attached hydrogen (secondary N) is 1. The van der Waals surface area contributed by atoms with Crippen LogP contribution in [0.1, 0.15) is 56.0 Å². The average Bonchev–Trinajstić information content (AvgIpc) is 3.14. The molecule has 1 saturated carbocycles. The highest BCUT2D eigenvalue weighted by molar-refractivity contribution is 5.85. The van der Waals surface area contributed by atoms with Crippen LogP contribution in [0.5, 0.6) is 0 Å². The number of rotatable bonds is 5. The molecule has 0 unspecified atom stereocenters. The number of aromatic nitrogens is 4. The van der Waals surface area contributed by atoms with E-state index in [-0.39, 0.29) is 6.42 Å². The molecule has 2 heterocycles. The highest BCUT2D eigenvalue weighted by atomic mass is 16.5. The fraction of sp³-hybridized carbons (Fsp3) is 0.579. The maximum atomic E-state index is 12.5. The van der Waals surface area contributed by atoms with Crippen molar-refractivity contribution in [3.63, 3.8) is 0 Å². The summed E-state index contributed by atoms with van der Waals surface area (Å²) in [5, 5.41) is 16.4. The number of amides is 1. The molecule has 28 heavy (non-hydrogen) atoms. The van der Waals surface area contributed by atoms with Gasteiger partial charge in [-0.3, -0.25) is 9.59 Å². The number of carbonyl (C=O) groups excluding carboxylic acids is 2. The van der Waals surface area contributed by atoms with Crippen molar-refractivity contribution in [1.29, 1.82) is 5.26 Å². The van der Waals surface area contributed by atoms with E-state index in [0.29, 0.717) is 29.9 Å². The van der Waals surface area contributed by atoms with E-state index in [2.05, 4.69) is 26.5 Å². The van der Waals surface area contributed by atoms with Gasteiger partial charge in [-0.2, -0.15) is 15.3 Å². The predicted molar refractivity (Wildman–Crippen MR) is 99.1 cm³/mol. The molecular formula is C19H24N6O3. The normalized spacial score (nSPS) is 16.9. The summed E-state index contributed by atoms with van der Waals surface area (Å²) in [4.78, 5) is 33.2. The Morgan fingerprint density at radius 1 is 1.36 bits per heavy atom. The van der Waals surface area contributed by atoms with Crippen LogP contribution < -0.4 is 5.32 Å². The molecule has 1 amide bonds. The van der Waals surface area contributed by atoms with Crippen molar-refractivity contribution in [3.05, 3.63) is 23.3 Å². The Hall–Kier alpha value is -3.02. The first-order chi connectivity index (χ1) is 13.3. The van der Waals surface area contributed by atoms with Crippen LogP contribution in [0, 0.1) is 25.2 Å². The summed E-state index contributed by atoms with van der Waals surface area (Å²) in [5.41, 5.74) is 1.25. The summed E-state index contributed by atoms with van der Waals surface area (Å²) >= 11 is 0. The van der Waals surface area contributed by atoms with Gasteiger partial charge in [0.15, 0.2) is 6.10 Å². The van der Waals surface area contributed by atoms with Gasteiger partial charge in [0.25, 0.3) is 11.7 Å². The van der Waals surface area contributed by atoms with Gasteiger partial charge < -0.3 is 10.1 Å². The average molecular weight is 384 g/mol. The minimum Gasteiger partial charge on any atom is -0.452 e. The Bertz CT molecular complexity index is 939. The lowest BCUT2D eigenvalue weighted by atomic mass is 9.83. The van der Waals surface area contributed by atoms with Gasteiger partial charge in [0, 0.05) is 17.0 Å². The number of hydrogen-bond donors (Lipinski definition) is 1. The van der Waals surface area contributed by atoms with Crippen molar-refractivity contribution in [2.24, 2.45) is 0 Å². The van der Waals surface area contributed by atoms with Gasteiger partial charge in [0.1, 0.15) is 11.9 Å². The minimum absolute atomic E-state index is 0.0263. The zero-order valence-corrected chi connectivity index (χ0v) is 16.4. The molecular weight excluding hydrogens is 360 g/mol. The van der Waals surface area contributed by atoms with E-state index < -0.39 is 23.5 Å². The fourth-order valence-electron chi connectivity index (χ4n) is 3.61. The lowest BCUT2D eigenvalue weighted by Crippen LogP contribution is -2.52. The molecule has 1 atom stereocenters. The summed E-state index contributed by atoms with van der Waals surface area (Å²) in [6.07, 6.45) is 4.50. The van der Waals surface area contributed by atoms with Gasteiger partial charge in [0.05, 0.1) is 12.5 Å². The van der Waals surface area contributed by atoms with Crippen molar-refractivity contribution >= 4 is 17.7 Å². The maximum Gasteiger partial charge on any atom is 0.311 e. The van der Waals surface area contributed by atoms with Crippen LogP contribution >= 0.6 is 0 Å². The van der Waals surface area contributed by atoms with E-state index in [1.165, 1.54) is 13.3 Å². The van der Waals surface area contributed by atoms with Crippen molar-refractivity contribution in [3.8, 4) is 6.07 Å². The number of fused-ring (bicyclic) bond motifs is 1. The number of aryl methyl sites for hydroxylation is 2. The van der Waals surface area contributed by atoms with Crippen LogP contribution in [0.2, 0.25) is 0 Å². The first kappa shape index (κ1) is 19.7. The Balaban J connectivity index is 1.64. The Labute approximate surface area is 163 Å². The van der Waals surface area contributed by atoms with Crippen LogP contribution in [-0.4, -0.2) is 43.1 Å². The molecule has 3 rings (SSSR count). The van der Waals surface area contributed by atoms with E-state index in [1.807, 2.05) is 6.92 Å². The lowest BCUT2D eigenvalue weighted by Gasteiger charge is -2.32. The van der Waals surface area contributed by atoms with Gasteiger partial charge in [-0.25, -0.2) is 9.50 Å². The van der Waals surface area contributed by atoms with Crippen LogP contribution in [0.15, 0.2) is 6.33 Å². The largest absolute Gasteiger partial charge is 0.452 e. The molecule has 0 bridgehead atoms. The second-order valence-electron chi connectivity index (χ2n) is 7.29. The highest BCUT2D eigenvalue weighted by Crippen LogP contribution is 2.27. The summed E-state index contributed by atoms with van der Waals surface area (Å²) < 4.78 is 6.88. The van der Waals surface area contributed by atoms with Crippen LogP contribution in [0.3, 0.4) is 0 Å². The molecule has 0 aromatic carbocycles. The molecule has 0 aliphatic heterocycles. The predicted octanol–water partition coefficient (Wildman–Crippen LogP) is 1.56. The van der Waals surface area contributed by atoms with Gasteiger partial charge in [-0.15, -0.1) is 0 Å². The number of ether oxygens (including phenoxy) is 1. The minimum atomic E-state index is -0.983. The summed E-state index contributed by atoms with van der Waals surface area (Å²) in [7, 11) is 0. The summed E-state index contributed by atoms with van der Waals surface area (Å²) in [5.74, 6) is -0.519. The number of carbonyl (C=O) groups is 2. The molecule has 2 aromatic heterocycles. The highest BCUT2D eigenvalue weighted by Gasteiger charge is 2.35. The molecule has 1 N–H and O–H groups in total. The maximum absolute atomic E-state index is 12.5. The number of nitriles is 1. The van der Waals surface area contributed by atoms with Crippen molar-refractivity contribution in [2.75, 3.05) is 0 Å². The standard InChI is InChI=1S/C19H24N6O3/c1-12-15(13(2)25-18(23-12)21-11-22-25)9-16(26)28-14(3)17(27)24-19(10-20)7-5-4-6-8-19/h11,14H,4-9H2,1-3H3,(H,24,27)/t14-/m0/s1. The third-order valence-electron chi connectivity index (χ3n) is 5.27. The van der Waals surface area contributed by atoms with E-state index in [1.54, 1.807) is 11.4 Å². The number of esters is 1. The second kappa shape index (κ2) is 7.92. The molecule has 1 aliphatic rings.